The maximum atomic E-state index is 12.8. The van der Waals surface area contributed by atoms with Gasteiger partial charge in [-0.05, 0) is 19.4 Å². The van der Waals surface area contributed by atoms with E-state index in [1.54, 1.807) is 13.8 Å². The fourth-order valence-electron chi connectivity index (χ4n) is 1.18. The van der Waals surface area contributed by atoms with Gasteiger partial charge in [0.25, 0.3) is 0 Å². The van der Waals surface area contributed by atoms with E-state index in [1.165, 1.54) is 0 Å². The van der Waals surface area contributed by atoms with Crippen molar-refractivity contribution in [2.45, 2.75) is 26.4 Å². The third kappa shape index (κ3) is 5.30. The Kier molecular flexibility index (Phi) is 7.32. The molecule has 0 aliphatic rings. The van der Waals surface area contributed by atoms with E-state index >= 15 is 0 Å². The van der Waals surface area contributed by atoms with Crippen LogP contribution < -0.4 is 61.6 Å². The summed E-state index contributed by atoms with van der Waals surface area (Å²) >= 11 is 0. The predicted octanol–water partition coefficient (Wildman–Crippen LogP) is 0.0614. The Morgan fingerprint density at radius 1 is 1.29 bits per heavy atom. The second-order valence-electron chi connectivity index (χ2n) is 3.59. The van der Waals surface area contributed by atoms with Crippen molar-refractivity contribution in [3.8, 4) is 5.75 Å². The van der Waals surface area contributed by atoms with Crippen LogP contribution >= 0.6 is 0 Å². The molecule has 0 spiro atoms. The largest absolute Gasteiger partial charge is 1.00 e. The average Bonchev–Trinajstić information content (AvgIpc) is 2.15. The molecule has 0 saturated heterocycles. The van der Waals surface area contributed by atoms with Crippen LogP contribution in [0, 0.1) is 5.82 Å². The monoisotopic (exact) mass is 274 g/mol. The van der Waals surface area contributed by atoms with Gasteiger partial charge in [0.05, 0.1) is 11.9 Å². The summed E-state index contributed by atoms with van der Waals surface area (Å²) in [5, 5.41) is 0. The molecule has 1 unspecified atom stereocenters. The number of hydrogen-bond acceptors (Lipinski definition) is 1. The van der Waals surface area contributed by atoms with Gasteiger partial charge in [-0.2, -0.15) is 0 Å². The first-order chi connectivity index (χ1) is 7.34. The normalized spacial score (nSPS) is 12.8. The first-order valence-electron chi connectivity index (χ1n) is 5.00. The number of hydrogen-bond donors (Lipinski definition) is 0. The van der Waals surface area contributed by atoms with Gasteiger partial charge < -0.3 is 17.7 Å². The summed E-state index contributed by atoms with van der Waals surface area (Å²) in [6.45, 7) is -1.76. The van der Waals surface area contributed by atoms with Crippen LogP contribution in [-0.4, -0.2) is 13.1 Å². The Morgan fingerprint density at radius 2 is 1.88 bits per heavy atom. The second kappa shape index (κ2) is 7.13. The second-order valence-corrected chi connectivity index (χ2v) is 3.59. The van der Waals surface area contributed by atoms with E-state index in [9.17, 15) is 17.3 Å². The van der Waals surface area contributed by atoms with Crippen LogP contribution in [-0.2, 0) is 0 Å². The van der Waals surface area contributed by atoms with E-state index in [-0.39, 0.29) is 57.5 Å². The van der Waals surface area contributed by atoms with Crippen molar-refractivity contribution in [2.75, 3.05) is 0 Å². The minimum absolute atomic E-state index is 0. The van der Waals surface area contributed by atoms with Crippen molar-refractivity contribution in [3.63, 3.8) is 0 Å². The third-order valence-corrected chi connectivity index (χ3v) is 2.23. The first kappa shape index (κ1) is 17.4. The molecule has 0 aromatic heterocycles. The maximum Gasteiger partial charge on any atom is 1.00 e. The van der Waals surface area contributed by atoms with Crippen LogP contribution in [0.15, 0.2) is 18.2 Å². The standard InChI is InChI=1S/C10H12BF4O.K/c1-3-7(2)16-10-6-8(12)4-5-9(10)11(13,14)15;/h4-7H,3H2,1-2H3;/q-1;+1. The Hall–Kier alpha value is 0.441. The molecule has 1 aromatic carbocycles. The molecule has 0 bridgehead atoms. The average molecular weight is 274 g/mol. The minimum atomic E-state index is -5.18. The third-order valence-electron chi connectivity index (χ3n) is 2.23. The molecule has 1 atom stereocenters. The topological polar surface area (TPSA) is 9.23 Å². The van der Waals surface area contributed by atoms with Crippen molar-refractivity contribution in [1.29, 1.82) is 0 Å². The molecular weight excluding hydrogens is 262 g/mol. The Bertz CT molecular complexity index is 370. The van der Waals surface area contributed by atoms with Crippen LogP contribution in [0.4, 0.5) is 17.3 Å². The van der Waals surface area contributed by atoms with Gasteiger partial charge in [0, 0.05) is 6.07 Å². The molecule has 0 aliphatic carbocycles. The van der Waals surface area contributed by atoms with Gasteiger partial charge in [-0.15, -0.1) is 0 Å². The fourth-order valence-corrected chi connectivity index (χ4v) is 1.18. The van der Waals surface area contributed by atoms with Crippen molar-refractivity contribution in [1.82, 2.24) is 0 Å². The van der Waals surface area contributed by atoms with Gasteiger partial charge in [0.2, 0.25) is 0 Å². The SMILES string of the molecule is CCC(C)Oc1cc(F)ccc1[B-](F)(F)F.[K+]. The fraction of sp³-hybridized carbons (Fsp3) is 0.400. The van der Waals surface area contributed by atoms with Gasteiger partial charge in [-0.25, -0.2) is 4.39 Å². The Balaban J connectivity index is 0.00000256. The molecule has 17 heavy (non-hydrogen) atoms. The molecule has 0 fully saturated rings. The molecule has 1 aromatic rings. The Labute approximate surface area is 140 Å². The van der Waals surface area contributed by atoms with E-state index in [0.717, 1.165) is 12.1 Å². The number of halogens is 4. The van der Waals surface area contributed by atoms with Gasteiger partial charge in [-0.1, -0.05) is 18.5 Å². The molecule has 90 valence electrons. The van der Waals surface area contributed by atoms with Gasteiger partial charge in [0.1, 0.15) is 5.82 Å². The van der Waals surface area contributed by atoms with E-state index in [0.29, 0.717) is 12.5 Å². The van der Waals surface area contributed by atoms with E-state index in [2.05, 4.69) is 0 Å². The summed E-state index contributed by atoms with van der Waals surface area (Å²) in [7, 11) is 0. The number of ether oxygens (including phenoxy) is 1. The van der Waals surface area contributed by atoms with Crippen molar-refractivity contribution < 1.29 is 73.5 Å². The zero-order valence-electron chi connectivity index (χ0n) is 10.0. The molecule has 0 amide bonds. The molecule has 0 heterocycles. The van der Waals surface area contributed by atoms with Crippen molar-refractivity contribution in [3.05, 3.63) is 24.0 Å². The van der Waals surface area contributed by atoms with Gasteiger partial charge in [-0.3, -0.25) is 0 Å². The summed E-state index contributed by atoms with van der Waals surface area (Å²) in [4.78, 5) is 0. The van der Waals surface area contributed by atoms with Crippen molar-refractivity contribution >= 4 is 12.4 Å². The van der Waals surface area contributed by atoms with Crippen LogP contribution in [0.25, 0.3) is 0 Å². The molecule has 7 heteroatoms. The zero-order chi connectivity index (χ0) is 12.3. The van der Waals surface area contributed by atoms with Crippen LogP contribution in [0.2, 0.25) is 0 Å². The van der Waals surface area contributed by atoms with Gasteiger partial charge in [0.15, 0.2) is 0 Å². The predicted molar refractivity (Wildman–Crippen MR) is 55.5 cm³/mol. The summed E-state index contributed by atoms with van der Waals surface area (Å²) in [5.74, 6) is -1.16. The van der Waals surface area contributed by atoms with E-state index < -0.39 is 24.0 Å². The van der Waals surface area contributed by atoms with E-state index in [1.807, 2.05) is 0 Å². The summed E-state index contributed by atoms with van der Waals surface area (Å²) in [5.41, 5.74) is -0.887. The molecule has 0 N–H and O–H groups in total. The molecule has 1 rings (SSSR count). The Morgan fingerprint density at radius 3 is 2.35 bits per heavy atom. The van der Waals surface area contributed by atoms with E-state index in [4.69, 9.17) is 4.74 Å². The van der Waals surface area contributed by atoms with Crippen LogP contribution in [0.1, 0.15) is 20.3 Å². The smallest absolute Gasteiger partial charge is 0.494 e. The minimum Gasteiger partial charge on any atom is -0.494 e. The first-order valence-corrected chi connectivity index (χ1v) is 5.00. The van der Waals surface area contributed by atoms with Crippen LogP contribution in [0.5, 0.6) is 5.75 Å². The molecule has 0 aliphatic heterocycles. The summed E-state index contributed by atoms with van der Waals surface area (Å²) < 4.78 is 55.7. The number of rotatable bonds is 4. The zero-order valence-corrected chi connectivity index (χ0v) is 13.1. The molecule has 0 saturated carbocycles. The number of benzene rings is 1. The summed E-state index contributed by atoms with van der Waals surface area (Å²) in [6, 6.07) is 2.28. The molecule has 0 radical (unpaired) electrons. The molecular formula is C10H12BF4KO. The van der Waals surface area contributed by atoms with Crippen molar-refractivity contribution in [2.24, 2.45) is 0 Å². The quantitative estimate of drug-likeness (QED) is 0.557. The maximum absolute atomic E-state index is 12.8. The summed E-state index contributed by atoms with van der Waals surface area (Å²) in [6.07, 6.45) is 0.180. The van der Waals surface area contributed by atoms with Gasteiger partial charge >= 0.3 is 58.4 Å². The molecule has 1 nitrogen and oxygen atoms in total. The van der Waals surface area contributed by atoms with Crippen LogP contribution in [0.3, 0.4) is 0 Å².